The van der Waals surface area contributed by atoms with Crippen LogP contribution in [-0.2, 0) is 4.74 Å². The number of nitrogens with zero attached hydrogens (tertiary/aromatic N) is 3. The largest absolute Gasteiger partial charge is 0.378 e. The van der Waals surface area contributed by atoms with Gasteiger partial charge in [-0.3, -0.25) is 9.78 Å². The van der Waals surface area contributed by atoms with Gasteiger partial charge in [-0.2, -0.15) is 0 Å². The van der Waals surface area contributed by atoms with Crippen LogP contribution in [0.4, 0.5) is 5.69 Å². The van der Waals surface area contributed by atoms with Crippen LogP contribution in [-0.4, -0.2) is 49.1 Å². The third kappa shape index (κ3) is 3.99. The number of hydrogen-bond acceptors (Lipinski definition) is 4. The molecule has 1 fully saturated rings. The van der Waals surface area contributed by atoms with Crippen LogP contribution < -0.4 is 4.90 Å². The van der Waals surface area contributed by atoms with Gasteiger partial charge in [0.15, 0.2) is 0 Å². The lowest BCUT2D eigenvalue weighted by atomic mass is 10.1. The normalized spacial score (nSPS) is 15.7. The molecular formula is C20H25N3O2. The van der Waals surface area contributed by atoms with Gasteiger partial charge in [-0.15, -0.1) is 0 Å². The van der Waals surface area contributed by atoms with Crippen molar-refractivity contribution in [1.29, 1.82) is 0 Å². The lowest BCUT2D eigenvalue weighted by Gasteiger charge is -2.29. The van der Waals surface area contributed by atoms with Crippen LogP contribution in [0.3, 0.4) is 0 Å². The lowest BCUT2D eigenvalue weighted by molar-refractivity contribution is 0.0736. The van der Waals surface area contributed by atoms with E-state index in [1.54, 1.807) is 11.1 Å². The zero-order chi connectivity index (χ0) is 17.8. The molecule has 0 N–H and O–H groups in total. The highest BCUT2D eigenvalue weighted by Gasteiger charge is 2.21. The van der Waals surface area contributed by atoms with Crippen LogP contribution in [0.5, 0.6) is 0 Å². The Morgan fingerprint density at radius 1 is 1.20 bits per heavy atom. The maximum absolute atomic E-state index is 12.9. The van der Waals surface area contributed by atoms with E-state index in [0.717, 1.165) is 37.6 Å². The molecule has 1 aliphatic heterocycles. The fourth-order valence-corrected chi connectivity index (χ4v) is 2.98. The summed E-state index contributed by atoms with van der Waals surface area (Å²) in [4.78, 5) is 21.2. The quantitative estimate of drug-likeness (QED) is 0.859. The minimum atomic E-state index is -0.0665. The molecule has 1 saturated heterocycles. The first-order valence-electron chi connectivity index (χ1n) is 8.69. The third-order valence-corrected chi connectivity index (χ3v) is 4.80. The molecule has 3 rings (SSSR count). The van der Waals surface area contributed by atoms with Crippen LogP contribution >= 0.6 is 0 Å². The van der Waals surface area contributed by atoms with Crippen molar-refractivity contribution in [2.24, 2.45) is 0 Å². The Bertz CT molecular complexity index is 724. The Labute approximate surface area is 149 Å². The van der Waals surface area contributed by atoms with E-state index in [1.165, 1.54) is 5.56 Å². The number of aromatic nitrogens is 1. The molecule has 132 valence electrons. The second kappa shape index (κ2) is 7.66. The number of hydrogen-bond donors (Lipinski definition) is 0. The van der Waals surface area contributed by atoms with Crippen molar-refractivity contribution in [3.05, 3.63) is 59.4 Å². The molecule has 1 aliphatic rings. The summed E-state index contributed by atoms with van der Waals surface area (Å²) < 4.78 is 5.39. The Morgan fingerprint density at radius 2 is 1.88 bits per heavy atom. The standard InChI is InChI=1S/C20H25N3O2/c1-15-4-6-17(7-5-15)16(2)22(3)20(24)19-14-18(8-9-21-19)23-10-12-25-13-11-23/h4-9,14,16H,10-13H2,1-3H3. The summed E-state index contributed by atoms with van der Waals surface area (Å²) in [6.07, 6.45) is 1.71. The number of anilines is 1. The van der Waals surface area contributed by atoms with Crippen molar-refractivity contribution in [2.75, 3.05) is 38.3 Å². The number of aryl methyl sites for hydroxylation is 1. The van der Waals surface area contributed by atoms with E-state index >= 15 is 0 Å². The molecule has 1 atom stereocenters. The Balaban J connectivity index is 1.76. The van der Waals surface area contributed by atoms with Crippen LogP contribution in [0, 0.1) is 6.92 Å². The number of pyridine rings is 1. The summed E-state index contributed by atoms with van der Waals surface area (Å²) in [6.45, 7) is 7.21. The summed E-state index contributed by atoms with van der Waals surface area (Å²) in [7, 11) is 1.83. The maximum atomic E-state index is 12.9. The molecule has 5 heteroatoms. The molecular weight excluding hydrogens is 314 g/mol. The van der Waals surface area contributed by atoms with E-state index in [2.05, 4.69) is 41.1 Å². The van der Waals surface area contributed by atoms with E-state index in [4.69, 9.17) is 4.74 Å². The molecule has 0 bridgehead atoms. The fourth-order valence-electron chi connectivity index (χ4n) is 2.98. The van der Waals surface area contributed by atoms with E-state index in [-0.39, 0.29) is 11.9 Å². The highest BCUT2D eigenvalue weighted by Crippen LogP contribution is 2.22. The molecule has 0 radical (unpaired) electrons. The number of benzene rings is 1. The molecule has 5 nitrogen and oxygen atoms in total. The third-order valence-electron chi connectivity index (χ3n) is 4.80. The van der Waals surface area contributed by atoms with Crippen LogP contribution in [0.15, 0.2) is 42.6 Å². The average Bonchev–Trinajstić information content (AvgIpc) is 2.67. The molecule has 1 unspecified atom stereocenters. The van der Waals surface area contributed by atoms with Crippen LogP contribution in [0.1, 0.15) is 34.6 Å². The zero-order valence-corrected chi connectivity index (χ0v) is 15.1. The number of amides is 1. The fraction of sp³-hybridized carbons (Fsp3) is 0.400. The molecule has 2 aromatic rings. The van der Waals surface area contributed by atoms with Crippen molar-refractivity contribution in [1.82, 2.24) is 9.88 Å². The average molecular weight is 339 g/mol. The second-order valence-corrected chi connectivity index (χ2v) is 6.50. The second-order valence-electron chi connectivity index (χ2n) is 6.50. The van der Waals surface area contributed by atoms with Gasteiger partial charge in [-0.05, 0) is 31.5 Å². The van der Waals surface area contributed by atoms with Crippen molar-refractivity contribution < 1.29 is 9.53 Å². The van der Waals surface area contributed by atoms with Crippen molar-refractivity contribution in [2.45, 2.75) is 19.9 Å². The summed E-state index contributed by atoms with van der Waals surface area (Å²) in [6, 6.07) is 12.1. The Morgan fingerprint density at radius 3 is 2.56 bits per heavy atom. The van der Waals surface area contributed by atoms with Gasteiger partial charge >= 0.3 is 0 Å². The van der Waals surface area contributed by atoms with Crippen molar-refractivity contribution in [3.63, 3.8) is 0 Å². The van der Waals surface area contributed by atoms with Crippen molar-refractivity contribution >= 4 is 11.6 Å². The predicted molar refractivity (Wildman–Crippen MR) is 99.0 cm³/mol. The first kappa shape index (κ1) is 17.4. The first-order chi connectivity index (χ1) is 12.1. The van der Waals surface area contributed by atoms with Gasteiger partial charge < -0.3 is 14.5 Å². The van der Waals surface area contributed by atoms with E-state index in [1.807, 2.05) is 26.1 Å². The number of carbonyl (C=O) groups excluding carboxylic acids is 1. The lowest BCUT2D eigenvalue weighted by Crippen LogP contribution is -2.36. The Hall–Kier alpha value is -2.40. The van der Waals surface area contributed by atoms with E-state index < -0.39 is 0 Å². The predicted octanol–water partition coefficient (Wildman–Crippen LogP) is 3.06. The summed E-state index contributed by atoms with van der Waals surface area (Å²) >= 11 is 0. The van der Waals surface area contributed by atoms with Gasteiger partial charge in [0.05, 0.1) is 19.3 Å². The Kier molecular flexibility index (Phi) is 5.34. The van der Waals surface area contributed by atoms with Gasteiger partial charge in [-0.25, -0.2) is 0 Å². The van der Waals surface area contributed by atoms with Gasteiger partial charge in [0.25, 0.3) is 5.91 Å². The van der Waals surface area contributed by atoms with E-state index in [9.17, 15) is 4.79 Å². The molecule has 25 heavy (non-hydrogen) atoms. The molecule has 0 spiro atoms. The summed E-state index contributed by atoms with van der Waals surface area (Å²) in [5.74, 6) is -0.0665. The number of carbonyl (C=O) groups is 1. The minimum Gasteiger partial charge on any atom is -0.378 e. The molecule has 0 saturated carbocycles. The highest BCUT2D eigenvalue weighted by atomic mass is 16.5. The molecule has 0 aliphatic carbocycles. The smallest absolute Gasteiger partial charge is 0.272 e. The SMILES string of the molecule is Cc1ccc(C(C)N(C)C(=O)c2cc(N3CCOCC3)ccn2)cc1. The number of rotatable bonds is 4. The first-order valence-corrected chi connectivity index (χ1v) is 8.69. The van der Waals surface area contributed by atoms with Gasteiger partial charge in [-0.1, -0.05) is 29.8 Å². The number of ether oxygens (including phenoxy) is 1. The van der Waals surface area contributed by atoms with E-state index in [0.29, 0.717) is 5.69 Å². The minimum absolute atomic E-state index is 0.0121. The number of morpholine rings is 1. The molecule has 1 aromatic heterocycles. The highest BCUT2D eigenvalue weighted by molar-refractivity contribution is 5.93. The topological polar surface area (TPSA) is 45.7 Å². The van der Waals surface area contributed by atoms with Crippen LogP contribution in [0.25, 0.3) is 0 Å². The maximum Gasteiger partial charge on any atom is 0.272 e. The molecule has 1 amide bonds. The monoisotopic (exact) mass is 339 g/mol. The van der Waals surface area contributed by atoms with Crippen molar-refractivity contribution in [3.8, 4) is 0 Å². The zero-order valence-electron chi connectivity index (χ0n) is 15.1. The molecule has 2 heterocycles. The summed E-state index contributed by atoms with van der Waals surface area (Å²) in [5, 5.41) is 0. The van der Waals surface area contributed by atoms with Crippen LogP contribution in [0.2, 0.25) is 0 Å². The van der Waals surface area contributed by atoms with Gasteiger partial charge in [0.1, 0.15) is 5.69 Å². The summed E-state index contributed by atoms with van der Waals surface area (Å²) in [5.41, 5.74) is 3.83. The van der Waals surface area contributed by atoms with Gasteiger partial charge in [0.2, 0.25) is 0 Å². The van der Waals surface area contributed by atoms with Gasteiger partial charge in [0, 0.05) is 32.0 Å². The molecule has 1 aromatic carbocycles.